The van der Waals surface area contributed by atoms with Crippen LogP contribution in [0.3, 0.4) is 0 Å². The van der Waals surface area contributed by atoms with Gasteiger partial charge in [-0.05, 0) is 37.3 Å². The molecule has 4 heteroatoms. The fraction of sp³-hybridized carbons (Fsp3) is 0.667. The normalized spacial score (nSPS) is 25.9. The van der Waals surface area contributed by atoms with Crippen molar-refractivity contribution >= 4 is 5.91 Å². The first-order valence-electron chi connectivity index (χ1n) is 9.89. The van der Waals surface area contributed by atoms with Crippen molar-refractivity contribution in [1.29, 1.82) is 0 Å². The van der Waals surface area contributed by atoms with Crippen molar-refractivity contribution in [3.63, 3.8) is 0 Å². The summed E-state index contributed by atoms with van der Waals surface area (Å²) in [6, 6.07) is 11.5. The second-order valence-electron chi connectivity index (χ2n) is 7.79. The number of nitrogens with zero attached hydrogens (tertiary/aromatic N) is 3. The van der Waals surface area contributed by atoms with Crippen LogP contribution >= 0.6 is 0 Å². The van der Waals surface area contributed by atoms with E-state index < -0.39 is 0 Å². The predicted octanol–water partition coefficient (Wildman–Crippen LogP) is 2.49. The Bertz CT molecular complexity index is 547. The summed E-state index contributed by atoms with van der Waals surface area (Å²) in [6.07, 6.45) is 3.52. The molecule has 2 aliphatic heterocycles. The molecule has 2 fully saturated rings. The summed E-state index contributed by atoms with van der Waals surface area (Å²) in [7, 11) is 0. The predicted molar refractivity (Wildman–Crippen MR) is 103 cm³/mol. The molecule has 2 aliphatic rings. The third kappa shape index (κ3) is 5.05. The van der Waals surface area contributed by atoms with Crippen LogP contribution in [0.1, 0.15) is 32.3 Å². The zero-order chi connectivity index (χ0) is 17.6. The number of carbonyl (C=O) groups is 1. The lowest BCUT2D eigenvalue weighted by molar-refractivity contribution is -0.128. The van der Waals surface area contributed by atoms with E-state index >= 15 is 0 Å². The molecular formula is C21H33N3O. The van der Waals surface area contributed by atoms with Crippen molar-refractivity contribution < 1.29 is 4.79 Å². The number of rotatable bonds is 5. The summed E-state index contributed by atoms with van der Waals surface area (Å²) in [6.45, 7) is 11.7. The molecule has 0 N–H and O–H groups in total. The number of hydrogen-bond acceptors (Lipinski definition) is 3. The summed E-state index contributed by atoms with van der Waals surface area (Å²) in [5, 5.41) is 0. The first-order chi connectivity index (χ1) is 12.1. The van der Waals surface area contributed by atoms with Gasteiger partial charge in [-0.2, -0.15) is 0 Å². The Morgan fingerprint density at radius 1 is 1.08 bits per heavy atom. The van der Waals surface area contributed by atoms with E-state index in [4.69, 9.17) is 0 Å². The van der Waals surface area contributed by atoms with Crippen LogP contribution in [0.25, 0.3) is 0 Å². The molecule has 1 amide bonds. The van der Waals surface area contributed by atoms with Crippen molar-refractivity contribution in [2.75, 3.05) is 45.8 Å². The van der Waals surface area contributed by atoms with Gasteiger partial charge in [0.25, 0.3) is 0 Å². The highest BCUT2D eigenvalue weighted by molar-refractivity contribution is 5.73. The molecule has 2 atom stereocenters. The molecule has 0 spiro atoms. The summed E-state index contributed by atoms with van der Waals surface area (Å²) in [5.41, 5.74) is 1.45. The molecule has 0 aliphatic carbocycles. The zero-order valence-corrected chi connectivity index (χ0v) is 15.9. The standard InChI is InChI=1S/C21H33N3O/c1-18-16-22(11-6-10-20-8-4-3-5-9-20)17-21(18)24-13-7-12-23(14-15-24)19(2)25/h3-5,8-9,18,21H,6-7,10-17H2,1-2H3/t18-,21-/m1/s1. The van der Waals surface area contributed by atoms with E-state index in [0.717, 1.165) is 38.5 Å². The number of benzene rings is 1. The third-order valence-electron chi connectivity index (χ3n) is 5.88. The molecule has 4 nitrogen and oxygen atoms in total. The van der Waals surface area contributed by atoms with E-state index in [2.05, 4.69) is 47.1 Å². The van der Waals surface area contributed by atoms with E-state index in [1.165, 1.54) is 38.0 Å². The van der Waals surface area contributed by atoms with Crippen molar-refractivity contribution in [2.45, 2.75) is 39.2 Å². The molecule has 0 aromatic heterocycles. The molecule has 1 aromatic carbocycles. The SMILES string of the molecule is CC(=O)N1CCCN([C@@H]2CN(CCCc3ccccc3)C[C@H]2C)CC1. The maximum atomic E-state index is 11.6. The molecule has 2 heterocycles. The van der Waals surface area contributed by atoms with Gasteiger partial charge >= 0.3 is 0 Å². The van der Waals surface area contributed by atoms with Crippen LogP contribution in [-0.2, 0) is 11.2 Å². The Hall–Kier alpha value is -1.39. The number of amides is 1. The summed E-state index contributed by atoms with van der Waals surface area (Å²) in [5.74, 6) is 0.949. The van der Waals surface area contributed by atoms with Gasteiger partial charge in [0.15, 0.2) is 0 Å². The van der Waals surface area contributed by atoms with Gasteiger partial charge in [0, 0.05) is 52.2 Å². The second kappa shape index (κ2) is 8.81. The van der Waals surface area contributed by atoms with E-state index in [1.807, 2.05) is 4.90 Å². The number of likely N-dealkylation sites (tertiary alicyclic amines) is 1. The molecule has 0 radical (unpaired) electrons. The highest BCUT2D eigenvalue weighted by Gasteiger charge is 2.34. The number of aryl methyl sites for hydroxylation is 1. The minimum absolute atomic E-state index is 0.226. The van der Waals surface area contributed by atoms with Crippen molar-refractivity contribution in [3.05, 3.63) is 35.9 Å². The van der Waals surface area contributed by atoms with Crippen LogP contribution in [0.15, 0.2) is 30.3 Å². The quantitative estimate of drug-likeness (QED) is 0.822. The van der Waals surface area contributed by atoms with Crippen LogP contribution in [0.5, 0.6) is 0 Å². The van der Waals surface area contributed by atoms with Crippen molar-refractivity contribution in [2.24, 2.45) is 5.92 Å². The zero-order valence-electron chi connectivity index (χ0n) is 15.9. The Morgan fingerprint density at radius 3 is 2.64 bits per heavy atom. The molecule has 25 heavy (non-hydrogen) atoms. The first kappa shape index (κ1) is 18.4. The lowest BCUT2D eigenvalue weighted by Gasteiger charge is -2.30. The highest BCUT2D eigenvalue weighted by Crippen LogP contribution is 2.23. The summed E-state index contributed by atoms with van der Waals surface area (Å²) in [4.78, 5) is 18.9. The van der Waals surface area contributed by atoms with Gasteiger partial charge in [-0.3, -0.25) is 9.69 Å². The van der Waals surface area contributed by atoms with E-state index in [-0.39, 0.29) is 5.91 Å². The van der Waals surface area contributed by atoms with Gasteiger partial charge in [0.05, 0.1) is 0 Å². The Kier molecular flexibility index (Phi) is 6.49. The van der Waals surface area contributed by atoms with Gasteiger partial charge in [0.1, 0.15) is 0 Å². The third-order valence-corrected chi connectivity index (χ3v) is 5.88. The first-order valence-corrected chi connectivity index (χ1v) is 9.89. The largest absolute Gasteiger partial charge is 0.342 e. The molecule has 1 aromatic rings. The maximum Gasteiger partial charge on any atom is 0.219 e. The highest BCUT2D eigenvalue weighted by atomic mass is 16.2. The number of hydrogen-bond donors (Lipinski definition) is 0. The van der Waals surface area contributed by atoms with Gasteiger partial charge in [-0.25, -0.2) is 0 Å². The lowest BCUT2D eigenvalue weighted by Crippen LogP contribution is -2.43. The summed E-state index contributed by atoms with van der Waals surface area (Å²) < 4.78 is 0. The molecule has 2 saturated heterocycles. The molecule has 3 rings (SSSR count). The number of carbonyl (C=O) groups excluding carboxylic acids is 1. The fourth-order valence-corrected chi connectivity index (χ4v) is 4.44. The van der Waals surface area contributed by atoms with E-state index in [1.54, 1.807) is 6.92 Å². The summed E-state index contributed by atoms with van der Waals surface area (Å²) >= 11 is 0. The van der Waals surface area contributed by atoms with Crippen LogP contribution in [0, 0.1) is 5.92 Å². The Morgan fingerprint density at radius 2 is 1.88 bits per heavy atom. The van der Waals surface area contributed by atoms with Gasteiger partial charge in [-0.15, -0.1) is 0 Å². The monoisotopic (exact) mass is 343 g/mol. The minimum Gasteiger partial charge on any atom is -0.342 e. The Balaban J connectivity index is 1.45. The topological polar surface area (TPSA) is 26.8 Å². The van der Waals surface area contributed by atoms with Crippen molar-refractivity contribution in [3.8, 4) is 0 Å². The van der Waals surface area contributed by atoms with Gasteiger partial charge < -0.3 is 9.80 Å². The van der Waals surface area contributed by atoms with Crippen LogP contribution < -0.4 is 0 Å². The van der Waals surface area contributed by atoms with Crippen LogP contribution in [0.4, 0.5) is 0 Å². The van der Waals surface area contributed by atoms with Crippen molar-refractivity contribution in [1.82, 2.24) is 14.7 Å². The Labute approximate surface area is 152 Å². The van der Waals surface area contributed by atoms with Crippen LogP contribution in [-0.4, -0.2) is 72.5 Å². The molecule has 0 unspecified atom stereocenters. The molecule has 138 valence electrons. The average Bonchev–Trinajstić information content (AvgIpc) is 2.82. The molecule has 0 saturated carbocycles. The smallest absolute Gasteiger partial charge is 0.219 e. The lowest BCUT2D eigenvalue weighted by atomic mass is 10.0. The average molecular weight is 344 g/mol. The maximum absolute atomic E-state index is 11.6. The molecular weight excluding hydrogens is 310 g/mol. The van der Waals surface area contributed by atoms with E-state index in [0.29, 0.717) is 6.04 Å². The van der Waals surface area contributed by atoms with Gasteiger partial charge in [-0.1, -0.05) is 37.3 Å². The van der Waals surface area contributed by atoms with E-state index in [9.17, 15) is 4.79 Å². The molecule has 0 bridgehead atoms. The van der Waals surface area contributed by atoms with Gasteiger partial charge in [0.2, 0.25) is 5.91 Å². The van der Waals surface area contributed by atoms with Crippen LogP contribution in [0.2, 0.25) is 0 Å². The minimum atomic E-state index is 0.226. The fourth-order valence-electron chi connectivity index (χ4n) is 4.44. The second-order valence-corrected chi connectivity index (χ2v) is 7.79.